The van der Waals surface area contributed by atoms with Crippen LogP contribution in [-0.2, 0) is 10.0 Å². The first-order valence-electron chi connectivity index (χ1n) is 9.30. The lowest BCUT2D eigenvalue weighted by Gasteiger charge is -2.34. The first-order valence-corrected chi connectivity index (χ1v) is 10.7. The van der Waals surface area contributed by atoms with Crippen LogP contribution in [0.1, 0.15) is 23.7 Å². The van der Waals surface area contributed by atoms with Crippen molar-refractivity contribution in [1.29, 1.82) is 0 Å². The summed E-state index contributed by atoms with van der Waals surface area (Å²) in [5.41, 5.74) is 0.450. The average Bonchev–Trinajstić information content (AvgIpc) is 2.73. The van der Waals surface area contributed by atoms with E-state index in [0.717, 1.165) is 22.9 Å². The average molecular weight is 424 g/mol. The largest absolute Gasteiger partial charge is 0.494 e. The Morgan fingerprint density at radius 1 is 1.07 bits per heavy atom. The van der Waals surface area contributed by atoms with Crippen molar-refractivity contribution in [1.82, 2.24) is 9.21 Å². The number of rotatable bonds is 6. The van der Waals surface area contributed by atoms with E-state index >= 15 is 0 Å². The number of sulfonamides is 1. The van der Waals surface area contributed by atoms with Gasteiger partial charge in [0.25, 0.3) is 5.91 Å². The molecule has 0 radical (unpaired) electrons. The zero-order valence-electron chi connectivity index (χ0n) is 16.0. The van der Waals surface area contributed by atoms with Crippen molar-refractivity contribution in [2.75, 3.05) is 32.8 Å². The maximum atomic E-state index is 13.9. The zero-order valence-corrected chi connectivity index (χ0v) is 16.8. The molecule has 0 aliphatic carbocycles. The molecule has 2 aromatic carbocycles. The van der Waals surface area contributed by atoms with Crippen LogP contribution < -0.4 is 4.74 Å². The van der Waals surface area contributed by atoms with Crippen molar-refractivity contribution in [3.63, 3.8) is 0 Å². The number of carbonyl (C=O) groups excluding carboxylic acids is 1. The molecule has 0 aromatic heterocycles. The van der Waals surface area contributed by atoms with Gasteiger partial charge in [0.2, 0.25) is 10.0 Å². The molecule has 2 aromatic rings. The van der Waals surface area contributed by atoms with Gasteiger partial charge < -0.3 is 9.64 Å². The van der Waals surface area contributed by atoms with Gasteiger partial charge in [-0.1, -0.05) is 13.0 Å². The summed E-state index contributed by atoms with van der Waals surface area (Å²) in [6.07, 6.45) is 0.848. The second kappa shape index (κ2) is 8.87. The maximum Gasteiger partial charge on any atom is 0.254 e. The van der Waals surface area contributed by atoms with Crippen molar-refractivity contribution in [2.45, 2.75) is 18.2 Å². The molecule has 0 atom stereocenters. The molecule has 9 heteroatoms. The minimum absolute atomic E-state index is 0.00392. The number of hydrogen-bond acceptors (Lipinski definition) is 4. The molecule has 1 heterocycles. The molecule has 0 bridgehead atoms. The van der Waals surface area contributed by atoms with E-state index in [1.54, 1.807) is 24.3 Å². The van der Waals surface area contributed by atoms with Gasteiger partial charge in [-0.2, -0.15) is 4.31 Å². The Bertz CT molecular complexity index is 990. The Hall–Kier alpha value is -2.52. The third kappa shape index (κ3) is 4.73. The predicted octanol–water partition coefficient (Wildman–Crippen LogP) is 2.90. The number of hydrogen-bond donors (Lipinski definition) is 0. The molecule has 29 heavy (non-hydrogen) atoms. The molecule has 0 spiro atoms. The molecular formula is C20H22F2N2O4S. The number of amides is 1. The standard InChI is InChI=1S/C20H22F2N2O4S/c1-2-12-28-17-5-3-4-15(13-17)20(25)23-8-10-24(11-9-23)29(26,27)19-14-16(21)6-7-18(19)22/h3-7,13-14H,2,8-12H2,1H3. The van der Waals surface area contributed by atoms with Gasteiger partial charge in [-0.15, -0.1) is 0 Å². The Balaban J connectivity index is 1.69. The Morgan fingerprint density at radius 2 is 1.79 bits per heavy atom. The highest BCUT2D eigenvalue weighted by molar-refractivity contribution is 7.89. The molecule has 0 saturated carbocycles. The predicted molar refractivity (Wildman–Crippen MR) is 103 cm³/mol. The van der Waals surface area contributed by atoms with Crippen molar-refractivity contribution < 1.29 is 26.7 Å². The molecular weight excluding hydrogens is 402 g/mol. The smallest absolute Gasteiger partial charge is 0.254 e. The molecule has 156 valence electrons. The van der Waals surface area contributed by atoms with Gasteiger partial charge >= 0.3 is 0 Å². The van der Waals surface area contributed by atoms with Crippen LogP contribution >= 0.6 is 0 Å². The van der Waals surface area contributed by atoms with Crippen LogP contribution in [-0.4, -0.2) is 56.3 Å². The van der Waals surface area contributed by atoms with Gasteiger partial charge in [-0.05, 0) is 42.8 Å². The van der Waals surface area contributed by atoms with Gasteiger partial charge in [0.1, 0.15) is 22.3 Å². The number of benzene rings is 2. The number of piperazine rings is 1. The molecule has 1 aliphatic rings. The number of halogens is 2. The van der Waals surface area contributed by atoms with Gasteiger partial charge in [-0.25, -0.2) is 17.2 Å². The van der Waals surface area contributed by atoms with Gasteiger partial charge in [-0.3, -0.25) is 4.79 Å². The quantitative estimate of drug-likeness (QED) is 0.715. The summed E-state index contributed by atoms with van der Waals surface area (Å²) in [7, 11) is -4.19. The summed E-state index contributed by atoms with van der Waals surface area (Å²) in [6.45, 7) is 2.82. The second-order valence-corrected chi connectivity index (χ2v) is 8.55. The van der Waals surface area contributed by atoms with E-state index in [1.807, 2.05) is 6.92 Å². The van der Waals surface area contributed by atoms with E-state index in [2.05, 4.69) is 0 Å². The lowest BCUT2D eigenvalue weighted by molar-refractivity contribution is 0.0697. The lowest BCUT2D eigenvalue weighted by Crippen LogP contribution is -2.50. The van der Waals surface area contributed by atoms with Crippen LogP contribution in [0.5, 0.6) is 5.75 Å². The fourth-order valence-corrected chi connectivity index (χ4v) is 4.57. The summed E-state index contributed by atoms with van der Waals surface area (Å²) in [6, 6.07) is 9.15. The van der Waals surface area contributed by atoms with Gasteiger partial charge in [0.15, 0.2) is 0 Å². The summed E-state index contributed by atoms with van der Waals surface area (Å²) in [4.78, 5) is 13.6. The summed E-state index contributed by atoms with van der Waals surface area (Å²) in [5.74, 6) is -1.47. The number of carbonyl (C=O) groups is 1. The highest BCUT2D eigenvalue weighted by Crippen LogP contribution is 2.23. The normalized spacial score (nSPS) is 15.3. The Labute approximate surface area is 168 Å². The van der Waals surface area contributed by atoms with Crippen molar-refractivity contribution in [3.8, 4) is 5.75 Å². The second-order valence-electron chi connectivity index (χ2n) is 6.65. The lowest BCUT2D eigenvalue weighted by atomic mass is 10.1. The number of ether oxygens (including phenoxy) is 1. The van der Waals surface area contributed by atoms with Crippen LogP contribution in [0.2, 0.25) is 0 Å². The van der Waals surface area contributed by atoms with Crippen molar-refractivity contribution in [3.05, 3.63) is 59.7 Å². The maximum absolute atomic E-state index is 13.9. The minimum Gasteiger partial charge on any atom is -0.494 e. The van der Waals surface area contributed by atoms with Crippen molar-refractivity contribution in [2.24, 2.45) is 0 Å². The van der Waals surface area contributed by atoms with Crippen LogP contribution in [0.4, 0.5) is 8.78 Å². The third-order valence-electron chi connectivity index (χ3n) is 4.59. The van der Waals surface area contributed by atoms with E-state index in [0.29, 0.717) is 24.0 Å². The van der Waals surface area contributed by atoms with E-state index in [1.165, 1.54) is 4.90 Å². The first kappa shape index (κ1) is 21.2. The van der Waals surface area contributed by atoms with Crippen molar-refractivity contribution >= 4 is 15.9 Å². The van der Waals surface area contributed by atoms with Crippen LogP contribution in [0.15, 0.2) is 47.4 Å². The molecule has 0 unspecified atom stereocenters. The van der Waals surface area contributed by atoms with Gasteiger partial charge in [0.05, 0.1) is 6.61 Å². The van der Waals surface area contributed by atoms with E-state index in [4.69, 9.17) is 4.74 Å². The minimum atomic E-state index is -4.19. The van der Waals surface area contributed by atoms with Crippen LogP contribution in [0.25, 0.3) is 0 Å². The van der Waals surface area contributed by atoms with E-state index in [-0.39, 0.29) is 32.1 Å². The fourth-order valence-electron chi connectivity index (χ4n) is 3.07. The molecule has 6 nitrogen and oxygen atoms in total. The highest BCUT2D eigenvalue weighted by atomic mass is 32.2. The summed E-state index contributed by atoms with van der Waals surface area (Å²) in [5, 5.41) is 0. The zero-order chi connectivity index (χ0) is 21.0. The highest BCUT2D eigenvalue weighted by Gasteiger charge is 2.32. The number of nitrogens with zero attached hydrogens (tertiary/aromatic N) is 2. The van der Waals surface area contributed by atoms with E-state index in [9.17, 15) is 22.0 Å². The first-order chi connectivity index (χ1) is 13.8. The fraction of sp³-hybridized carbons (Fsp3) is 0.350. The third-order valence-corrected chi connectivity index (χ3v) is 6.50. The summed E-state index contributed by atoms with van der Waals surface area (Å²) >= 11 is 0. The molecule has 1 saturated heterocycles. The van der Waals surface area contributed by atoms with E-state index < -0.39 is 26.6 Å². The topological polar surface area (TPSA) is 66.9 Å². The SMILES string of the molecule is CCCOc1cccc(C(=O)N2CCN(S(=O)(=O)c3cc(F)ccc3F)CC2)c1. The van der Waals surface area contributed by atoms with Crippen LogP contribution in [0.3, 0.4) is 0 Å². The monoisotopic (exact) mass is 424 g/mol. The van der Waals surface area contributed by atoms with Gasteiger partial charge in [0, 0.05) is 31.7 Å². The molecule has 0 N–H and O–H groups in total. The molecule has 1 amide bonds. The Morgan fingerprint density at radius 3 is 2.48 bits per heavy atom. The van der Waals surface area contributed by atoms with Crippen LogP contribution in [0, 0.1) is 11.6 Å². The molecule has 3 rings (SSSR count). The summed E-state index contributed by atoms with van der Waals surface area (Å²) < 4.78 is 59.2. The Kier molecular flexibility index (Phi) is 6.49. The molecule has 1 aliphatic heterocycles. The molecule has 1 fully saturated rings.